The smallest absolute Gasteiger partial charge is 0.136 e. The highest BCUT2D eigenvalue weighted by Gasteiger charge is 2.15. The fraction of sp³-hybridized carbons (Fsp3) is 0.0312. The van der Waals surface area contributed by atoms with Gasteiger partial charge in [-0.3, -0.25) is 4.98 Å². The van der Waals surface area contributed by atoms with E-state index in [1.807, 2.05) is 30.5 Å². The van der Waals surface area contributed by atoms with Gasteiger partial charge >= 0.3 is 0 Å². The molecule has 0 saturated carbocycles. The lowest BCUT2D eigenvalue weighted by Crippen LogP contribution is -1.89. The molecule has 0 N–H and O–H groups in total. The van der Waals surface area contributed by atoms with Crippen LogP contribution in [0.4, 0.5) is 0 Å². The Hall–Kier alpha value is -4.63. The van der Waals surface area contributed by atoms with Crippen molar-refractivity contribution in [2.45, 2.75) is 6.92 Å². The standard InChI is InChI=1S/C32H19NO2/c1-18-12-27-23(19-10-11-30-25(13-19)21-6-2-4-8-28(21)34-30)14-20-15-26-22-7-3-5-9-29(22)35-31(26)16-24(20)32(27)33-17-18/h2-17H,1H3. The molecule has 0 amide bonds. The zero-order valence-electron chi connectivity index (χ0n) is 19.0. The second-order valence-corrected chi connectivity index (χ2v) is 9.31. The molecular formula is C32H19NO2. The topological polar surface area (TPSA) is 39.2 Å². The fourth-order valence-electron chi connectivity index (χ4n) is 5.47. The first-order chi connectivity index (χ1) is 17.2. The summed E-state index contributed by atoms with van der Waals surface area (Å²) in [5, 5.41) is 7.92. The Bertz CT molecular complexity index is 2130. The summed E-state index contributed by atoms with van der Waals surface area (Å²) in [4.78, 5) is 4.90. The normalized spacial score (nSPS) is 12.1. The van der Waals surface area contributed by atoms with Crippen LogP contribution in [-0.4, -0.2) is 4.98 Å². The van der Waals surface area contributed by atoms with Gasteiger partial charge in [-0.2, -0.15) is 0 Å². The summed E-state index contributed by atoms with van der Waals surface area (Å²) >= 11 is 0. The molecule has 0 radical (unpaired) electrons. The molecule has 0 aliphatic carbocycles. The first-order valence-electron chi connectivity index (χ1n) is 11.8. The number of aromatic nitrogens is 1. The minimum Gasteiger partial charge on any atom is -0.456 e. The van der Waals surface area contributed by atoms with Crippen molar-refractivity contribution < 1.29 is 8.83 Å². The molecule has 0 unspecified atom stereocenters. The number of rotatable bonds is 1. The number of hydrogen-bond acceptors (Lipinski definition) is 3. The predicted octanol–water partition coefficient (Wildman–Crippen LogP) is 9.16. The summed E-state index contributed by atoms with van der Waals surface area (Å²) < 4.78 is 12.3. The van der Waals surface area contributed by atoms with Gasteiger partial charge in [-0.05, 0) is 77.5 Å². The molecule has 5 aromatic carbocycles. The van der Waals surface area contributed by atoms with Crippen molar-refractivity contribution in [1.82, 2.24) is 4.98 Å². The highest BCUT2D eigenvalue weighted by Crippen LogP contribution is 2.40. The maximum atomic E-state index is 6.19. The van der Waals surface area contributed by atoms with Crippen molar-refractivity contribution >= 4 is 65.6 Å². The maximum Gasteiger partial charge on any atom is 0.136 e. The van der Waals surface area contributed by atoms with Crippen molar-refractivity contribution in [3.05, 3.63) is 103 Å². The van der Waals surface area contributed by atoms with Crippen LogP contribution in [0.5, 0.6) is 0 Å². The molecule has 0 atom stereocenters. The lowest BCUT2D eigenvalue weighted by atomic mass is 9.93. The van der Waals surface area contributed by atoms with Crippen molar-refractivity contribution in [1.29, 1.82) is 0 Å². The molecule has 3 heteroatoms. The summed E-state index contributed by atoms with van der Waals surface area (Å²) in [6.45, 7) is 2.09. The average Bonchev–Trinajstić information content (AvgIpc) is 3.44. The summed E-state index contributed by atoms with van der Waals surface area (Å²) in [5.74, 6) is 0. The first kappa shape index (κ1) is 18.8. The summed E-state index contributed by atoms with van der Waals surface area (Å²) in [6.07, 6.45) is 1.95. The lowest BCUT2D eigenvalue weighted by molar-refractivity contribution is 0.669. The van der Waals surface area contributed by atoms with Gasteiger partial charge in [-0.1, -0.05) is 42.5 Å². The van der Waals surface area contributed by atoms with Crippen LogP contribution in [0.15, 0.2) is 106 Å². The first-order valence-corrected chi connectivity index (χ1v) is 11.8. The van der Waals surface area contributed by atoms with Gasteiger partial charge < -0.3 is 8.83 Å². The molecule has 0 aliphatic rings. The maximum absolute atomic E-state index is 6.19. The molecule has 35 heavy (non-hydrogen) atoms. The Kier molecular flexibility index (Phi) is 3.59. The number of fused-ring (bicyclic) bond motifs is 9. The van der Waals surface area contributed by atoms with Crippen LogP contribution in [0.3, 0.4) is 0 Å². The van der Waals surface area contributed by atoms with Gasteiger partial charge in [-0.25, -0.2) is 0 Å². The fourth-order valence-corrected chi connectivity index (χ4v) is 5.47. The number of para-hydroxylation sites is 2. The zero-order valence-corrected chi connectivity index (χ0v) is 19.0. The number of pyridine rings is 1. The Morgan fingerprint density at radius 2 is 1.23 bits per heavy atom. The SMILES string of the molecule is Cc1cnc2c(c1)c(-c1ccc3oc4ccccc4c3c1)cc1cc3c(cc12)oc1ccccc13. The van der Waals surface area contributed by atoms with E-state index in [0.717, 1.165) is 76.7 Å². The van der Waals surface area contributed by atoms with Gasteiger partial charge in [-0.15, -0.1) is 0 Å². The molecule has 0 saturated heterocycles. The van der Waals surface area contributed by atoms with E-state index in [1.54, 1.807) is 0 Å². The molecule has 8 aromatic rings. The van der Waals surface area contributed by atoms with E-state index in [9.17, 15) is 0 Å². The molecule has 3 heterocycles. The predicted molar refractivity (Wildman–Crippen MR) is 144 cm³/mol. The minimum atomic E-state index is 0.890. The van der Waals surface area contributed by atoms with Crippen molar-refractivity contribution in [2.75, 3.05) is 0 Å². The Labute approximate surface area is 200 Å². The molecule has 3 nitrogen and oxygen atoms in total. The van der Waals surface area contributed by atoms with E-state index in [4.69, 9.17) is 13.8 Å². The van der Waals surface area contributed by atoms with Gasteiger partial charge in [0, 0.05) is 38.5 Å². The van der Waals surface area contributed by atoms with Crippen LogP contribution in [0.25, 0.3) is 76.7 Å². The summed E-state index contributed by atoms with van der Waals surface area (Å²) in [6, 6.07) is 31.8. The quantitative estimate of drug-likeness (QED) is 0.235. The number of hydrogen-bond donors (Lipinski definition) is 0. The van der Waals surface area contributed by atoms with Crippen LogP contribution >= 0.6 is 0 Å². The van der Waals surface area contributed by atoms with Crippen LogP contribution < -0.4 is 0 Å². The van der Waals surface area contributed by atoms with E-state index >= 15 is 0 Å². The minimum absolute atomic E-state index is 0.890. The van der Waals surface area contributed by atoms with Gasteiger partial charge in [0.15, 0.2) is 0 Å². The lowest BCUT2D eigenvalue weighted by Gasteiger charge is -2.11. The largest absolute Gasteiger partial charge is 0.456 e. The molecule has 3 aromatic heterocycles. The third kappa shape index (κ3) is 2.64. The van der Waals surface area contributed by atoms with Gasteiger partial charge in [0.25, 0.3) is 0 Å². The second-order valence-electron chi connectivity index (χ2n) is 9.31. The van der Waals surface area contributed by atoms with Crippen LogP contribution in [0, 0.1) is 6.92 Å². The van der Waals surface area contributed by atoms with E-state index < -0.39 is 0 Å². The van der Waals surface area contributed by atoms with E-state index in [1.165, 1.54) is 5.56 Å². The van der Waals surface area contributed by atoms with Crippen molar-refractivity contribution in [3.63, 3.8) is 0 Å². The molecule has 0 bridgehead atoms. The van der Waals surface area contributed by atoms with Crippen molar-refractivity contribution in [2.24, 2.45) is 0 Å². The van der Waals surface area contributed by atoms with E-state index in [-0.39, 0.29) is 0 Å². The molecular weight excluding hydrogens is 430 g/mol. The zero-order chi connectivity index (χ0) is 23.1. The van der Waals surface area contributed by atoms with Gasteiger partial charge in [0.1, 0.15) is 22.3 Å². The molecule has 0 fully saturated rings. The Balaban J connectivity index is 1.49. The highest BCUT2D eigenvalue weighted by molar-refractivity contribution is 6.18. The molecule has 0 spiro atoms. The number of benzene rings is 5. The van der Waals surface area contributed by atoms with E-state index in [0.29, 0.717) is 0 Å². The van der Waals surface area contributed by atoms with Crippen LogP contribution in [0.2, 0.25) is 0 Å². The monoisotopic (exact) mass is 449 g/mol. The third-order valence-corrected chi connectivity index (χ3v) is 7.11. The average molecular weight is 450 g/mol. The van der Waals surface area contributed by atoms with Gasteiger partial charge in [0.2, 0.25) is 0 Å². The summed E-state index contributed by atoms with van der Waals surface area (Å²) in [5.41, 5.74) is 8.06. The van der Waals surface area contributed by atoms with Crippen LogP contribution in [-0.2, 0) is 0 Å². The third-order valence-electron chi connectivity index (χ3n) is 7.11. The highest BCUT2D eigenvalue weighted by atomic mass is 16.3. The van der Waals surface area contributed by atoms with E-state index in [2.05, 4.69) is 73.7 Å². The summed E-state index contributed by atoms with van der Waals surface area (Å²) in [7, 11) is 0. The molecule has 0 aliphatic heterocycles. The number of aryl methyl sites for hydroxylation is 1. The number of nitrogens with zero attached hydrogens (tertiary/aromatic N) is 1. The van der Waals surface area contributed by atoms with Crippen molar-refractivity contribution in [3.8, 4) is 11.1 Å². The Morgan fingerprint density at radius 3 is 2.03 bits per heavy atom. The van der Waals surface area contributed by atoms with Gasteiger partial charge in [0.05, 0.1) is 5.52 Å². The molecule has 8 rings (SSSR count). The Morgan fingerprint density at radius 1 is 0.543 bits per heavy atom. The second kappa shape index (κ2) is 6.71. The van der Waals surface area contributed by atoms with Crippen LogP contribution in [0.1, 0.15) is 5.56 Å². The molecule has 164 valence electrons. The number of furan rings is 2.